The van der Waals surface area contributed by atoms with Gasteiger partial charge in [0.15, 0.2) is 0 Å². The van der Waals surface area contributed by atoms with Crippen molar-refractivity contribution in [3.8, 4) is 0 Å². The lowest BCUT2D eigenvalue weighted by atomic mass is 9.80. The van der Waals surface area contributed by atoms with Crippen LogP contribution in [0.25, 0.3) is 0 Å². The van der Waals surface area contributed by atoms with Gasteiger partial charge in [0.1, 0.15) is 0 Å². The summed E-state index contributed by atoms with van der Waals surface area (Å²) in [4.78, 5) is 0. The minimum Gasteiger partial charge on any atom is -0.0622 e. The molecular weight excluding hydrogens is 264 g/mol. The Hall–Kier alpha value is 0. The Kier molecular flexibility index (Phi) is 4.96. The zero-order chi connectivity index (χ0) is 16.0. The van der Waals surface area contributed by atoms with E-state index in [-0.39, 0.29) is 0 Å². The summed E-state index contributed by atoms with van der Waals surface area (Å²) < 4.78 is 0. The molecule has 3 aliphatic carbocycles. The summed E-state index contributed by atoms with van der Waals surface area (Å²) in [6, 6.07) is 0. The molecule has 0 heteroatoms. The van der Waals surface area contributed by atoms with Crippen molar-refractivity contribution >= 4 is 0 Å². The van der Waals surface area contributed by atoms with Crippen molar-refractivity contribution < 1.29 is 0 Å². The number of rotatable bonds is 4. The summed E-state index contributed by atoms with van der Waals surface area (Å²) >= 11 is 0. The molecule has 0 bridgehead atoms. The van der Waals surface area contributed by atoms with Gasteiger partial charge in [0.25, 0.3) is 0 Å². The van der Waals surface area contributed by atoms with E-state index in [4.69, 9.17) is 0 Å². The molecule has 0 aromatic rings. The SMILES string of the molecule is CC1CC(C)C(CCCC2CC(C)C3C(C)CC(C)C23)C1C. The van der Waals surface area contributed by atoms with Crippen LogP contribution >= 0.6 is 0 Å². The predicted octanol–water partition coefficient (Wildman–Crippen LogP) is 6.65. The topological polar surface area (TPSA) is 0 Å². The summed E-state index contributed by atoms with van der Waals surface area (Å²) in [5, 5.41) is 0. The number of fused-ring (bicyclic) bond motifs is 1. The molecule has 128 valence electrons. The Labute approximate surface area is 139 Å². The first-order chi connectivity index (χ1) is 10.4. The zero-order valence-electron chi connectivity index (χ0n) is 16.0. The third kappa shape index (κ3) is 2.89. The average molecular weight is 305 g/mol. The first kappa shape index (κ1) is 16.8. The summed E-state index contributed by atoms with van der Waals surface area (Å²) in [6.07, 6.45) is 9.08. The molecule has 0 N–H and O–H groups in total. The molecule has 10 atom stereocenters. The molecule has 0 aromatic heterocycles. The van der Waals surface area contributed by atoms with Crippen LogP contribution in [0.3, 0.4) is 0 Å². The van der Waals surface area contributed by atoms with Crippen LogP contribution in [0.15, 0.2) is 0 Å². The van der Waals surface area contributed by atoms with E-state index in [0.717, 1.165) is 59.2 Å². The molecule has 0 nitrogen and oxygen atoms in total. The van der Waals surface area contributed by atoms with Crippen molar-refractivity contribution in [3.05, 3.63) is 0 Å². The quantitative estimate of drug-likeness (QED) is 0.545. The zero-order valence-corrected chi connectivity index (χ0v) is 16.0. The highest BCUT2D eigenvalue weighted by Crippen LogP contribution is 2.57. The van der Waals surface area contributed by atoms with E-state index in [9.17, 15) is 0 Å². The second-order valence-corrected chi connectivity index (χ2v) is 9.96. The smallest absolute Gasteiger partial charge is 0.0326 e. The van der Waals surface area contributed by atoms with Crippen molar-refractivity contribution in [2.24, 2.45) is 59.2 Å². The fourth-order valence-corrected chi connectivity index (χ4v) is 7.56. The maximum absolute atomic E-state index is 2.55. The van der Waals surface area contributed by atoms with E-state index in [1.807, 2.05) is 0 Å². The van der Waals surface area contributed by atoms with Gasteiger partial charge >= 0.3 is 0 Å². The first-order valence-electron chi connectivity index (χ1n) is 10.4. The van der Waals surface area contributed by atoms with E-state index in [2.05, 4.69) is 41.5 Å². The normalized spacial score (nSPS) is 54.8. The van der Waals surface area contributed by atoms with Gasteiger partial charge in [-0.3, -0.25) is 0 Å². The fraction of sp³-hybridized carbons (Fsp3) is 1.00. The van der Waals surface area contributed by atoms with E-state index in [1.165, 1.54) is 38.5 Å². The molecule has 0 radical (unpaired) electrons. The summed E-state index contributed by atoms with van der Waals surface area (Å²) in [6.45, 7) is 15.1. The van der Waals surface area contributed by atoms with E-state index >= 15 is 0 Å². The summed E-state index contributed by atoms with van der Waals surface area (Å²) in [7, 11) is 0. The molecule has 3 aliphatic rings. The molecule has 3 fully saturated rings. The van der Waals surface area contributed by atoms with Crippen molar-refractivity contribution in [1.29, 1.82) is 0 Å². The minimum atomic E-state index is 0.964. The van der Waals surface area contributed by atoms with Gasteiger partial charge in [-0.2, -0.15) is 0 Å². The number of hydrogen-bond acceptors (Lipinski definition) is 0. The fourth-order valence-electron chi connectivity index (χ4n) is 7.56. The van der Waals surface area contributed by atoms with Gasteiger partial charge in [0.2, 0.25) is 0 Å². The lowest BCUT2D eigenvalue weighted by Gasteiger charge is -2.25. The van der Waals surface area contributed by atoms with Crippen LogP contribution in [-0.4, -0.2) is 0 Å². The monoisotopic (exact) mass is 304 g/mol. The van der Waals surface area contributed by atoms with Crippen molar-refractivity contribution in [1.82, 2.24) is 0 Å². The Morgan fingerprint density at radius 2 is 1.18 bits per heavy atom. The van der Waals surface area contributed by atoms with Crippen LogP contribution < -0.4 is 0 Å². The summed E-state index contributed by atoms with van der Waals surface area (Å²) in [5.41, 5.74) is 0. The highest BCUT2D eigenvalue weighted by atomic mass is 14.5. The summed E-state index contributed by atoms with van der Waals surface area (Å²) in [5.74, 6) is 10.1. The van der Waals surface area contributed by atoms with Crippen molar-refractivity contribution in [3.63, 3.8) is 0 Å². The number of hydrogen-bond donors (Lipinski definition) is 0. The molecule has 0 heterocycles. The van der Waals surface area contributed by atoms with Crippen LogP contribution in [0, 0.1) is 59.2 Å². The standard InChI is InChI=1S/C22H40/c1-13-10-14(2)20(18(13)6)9-7-8-19-12-17(5)21-15(3)11-16(4)22(19)21/h13-22H,7-12H2,1-6H3. The Bertz CT molecular complexity index is 372. The van der Waals surface area contributed by atoms with Gasteiger partial charge in [0, 0.05) is 0 Å². The molecule has 3 saturated carbocycles. The molecule has 22 heavy (non-hydrogen) atoms. The molecule has 0 aliphatic heterocycles. The Balaban J connectivity index is 1.52. The minimum absolute atomic E-state index is 0.964. The Morgan fingerprint density at radius 1 is 0.591 bits per heavy atom. The van der Waals surface area contributed by atoms with E-state index < -0.39 is 0 Å². The van der Waals surface area contributed by atoms with Gasteiger partial charge in [-0.25, -0.2) is 0 Å². The van der Waals surface area contributed by atoms with Crippen LogP contribution in [-0.2, 0) is 0 Å². The third-order valence-corrected chi connectivity index (χ3v) is 8.54. The second kappa shape index (κ2) is 6.48. The van der Waals surface area contributed by atoms with Gasteiger partial charge in [-0.15, -0.1) is 0 Å². The third-order valence-electron chi connectivity index (χ3n) is 8.54. The average Bonchev–Trinajstić information content (AvgIpc) is 3.01. The maximum Gasteiger partial charge on any atom is -0.0326 e. The van der Waals surface area contributed by atoms with Crippen LogP contribution in [0.4, 0.5) is 0 Å². The van der Waals surface area contributed by atoms with Gasteiger partial charge < -0.3 is 0 Å². The van der Waals surface area contributed by atoms with Gasteiger partial charge in [0.05, 0.1) is 0 Å². The molecule has 0 spiro atoms. The van der Waals surface area contributed by atoms with E-state index in [0.29, 0.717) is 0 Å². The molecule has 3 rings (SSSR count). The van der Waals surface area contributed by atoms with Crippen LogP contribution in [0.2, 0.25) is 0 Å². The van der Waals surface area contributed by atoms with Gasteiger partial charge in [-0.05, 0) is 84.9 Å². The lowest BCUT2D eigenvalue weighted by Crippen LogP contribution is -2.18. The van der Waals surface area contributed by atoms with Crippen LogP contribution in [0.1, 0.15) is 80.1 Å². The molecule has 10 unspecified atom stereocenters. The molecule has 0 aromatic carbocycles. The largest absolute Gasteiger partial charge is 0.0622 e. The van der Waals surface area contributed by atoms with Crippen molar-refractivity contribution in [2.75, 3.05) is 0 Å². The Morgan fingerprint density at radius 3 is 1.82 bits per heavy atom. The molecular formula is C22H40. The van der Waals surface area contributed by atoms with E-state index in [1.54, 1.807) is 0 Å². The highest BCUT2D eigenvalue weighted by molar-refractivity contribution is 4.98. The lowest BCUT2D eigenvalue weighted by molar-refractivity contribution is 0.235. The van der Waals surface area contributed by atoms with Gasteiger partial charge in [-0.1, -0.05) is 54.4 Å². The first-order valence-corrected chi connectivity index (χ1v) is 10.4. The molecule has 0 amide bonds. The second-order valence-electron chi connectivity index (χ2n) is 9.96. The maximum atomic E-state index is 2.55. The predicted molar refractivity (Wildman–Crippen MR) is 96.6 cm³/mol. The molecule has 0 saturated heterocycles. The highest BCUT2D eigenvalue weighted by Gasteiger charge is 2.50. The van der Waals surface area contributed by atoms with Crippen molar-refractivity contribution in [2.45, 2.75) is 80.1 Å². The van der Waals surface area contributed by atoms with Crippen LogP contribution in [0.5, 0.6) is 0 Å².